The van der Waals surface area contributed by atoms with Gasteiger partial charge in [-0.3, -0.25) is 19.6 Å². The van der Waals surface area contributed by atoms with E-state index in [1.807, 2.05) is 42.6 Å². The molecule has 2 unspecified atom stereocenters. The van der Waals surface area contributed by atoms with Gasteiger partial charge in [-0.25, -0.2) is 19.9 Å². The largest absolute Gasteiger partial charge is 0.495 e. The van der Waals surface area contributed by atoms with Gasteiger partial charge in [0, 0.05) is 41.2 Å². The van der Waals surface area contributed by atoms with Crippen molar-refractivity contribution in [1.82, 2.24) is 24.8 Å². The lowest BCUT2D eigenvalue weighted by Gasteiger charge is -2.26. The van der Waals surface area contributed by atoms with Crippen LogP contribution < -0.4 is 20.1 Å². The molecular weight excluding hydrogens is 799 g/mol. The monoisotopic (exact) mass is 841 g/mol. The number of methoxy groups -OCH3 is 2. The van der Waals surface area contributed by atoms with Crippen LogP contribution in [0, 0.1) is 11.8 Å². The quantitative estimate of drug-likeness (QED) is 0.130. The Morgan fingerprint density at radius 3 is 1.70 bits per heavy atom. The highest BCUT2D eigenvalue weighted by Crippen LogP contribution is 2.44. The Hall–Kier alpha value is -6.00. The summed E-state index contributed by atoms with van der Waals surface area (Å²) in [5.41, 5.74) is 8.64. The van der Waals surface area contributed by atoms with Gasteiger partial charge < -0.3 is 30.1 Å². The van der Waals surface area contributed by atoms with Crippen molar-refractivity contribution in [2.24, 2.45) is 21.8 Å². The topological polar surface area (TPSA) is 176 Å². The Morgan fingerprint density at radius 2 is 1.22 bits per heavy atom. The lowest BCUT2D eigenvalue weighted by atomic mass is 9.87. The molecule has 14 nitrogen and oxygen atoms in total. The molecule has 11 rings (SSSR count). The molecule has 60 heavy (non-hydrogen) atoms. The lowest BCUT2D eigenvalue weighted by molar-refractivity contribution is -0.142. The number of fused-ring (bicyclic) bond motifs is 8. The van der Waals surface area contributed by atoms with Gasteiger partial charge in [-0.15, -0.1) is 22.7 Å². The van der Waals surface area contributed by atoms with E-state index in [1.54, 1.807) is 49.5 Å². The summed E-state index contributed by atoms with van der Waals surface area (Å²) in [5, 5.41) is 18.3. The van der Waals surface area contributed by atoms with Crippen molar-refractivity contribution in [1.29, 1.82) is 0 Å². The standard InChI is InChI=1S/C24H25N5O2S.C20H18N4O3S/c1-29(16-4-5-16)24(30)13-3-6-17-20(9-13)32-23-21(17)22(26-12-27-23)28-18-7-14-10-25-11-15(14)8-19(18)31-2;1-27-15-5-12-8-21-7-11(12)4-14(15)24-18-17-13-3-2-10(20(25)26)6-16(13)28-19(17)23-9-22-18/h7-8,10,12-13,16H,3-6,9,11H2,1-2H3,(H,26,27,28);4-5,7,9-10H,2-3,6,8H2,1H3,(H,25,26)(H,22,23,24). The maximum Gasteiger partial charge on any atom is 0.306 e. The zero-order valence-electron chi connectivity index (χ0n) is 33.4. The molecule has 1 amide bonds. The fraction of sp³-hybridized carbons (Fsp3) is 0.364. The molecule has 16 heteroatoms. The predicted molar refractivity (Wildman–Crippen MR) is 234 cm³/mol. The third kappa shape index (κ3) is 7.00. The first-order chi connectivity index (χ1) is 29.3. The molecule has 5 aliphatic rings. The van der Waals surface area contributed by atoms with E-state index in [2.05, 4.69) is 46.6 Å². The van der Waals surface area contributed by atoms with Gasteiger partial charge in [0.2, 0.25) is 5.91 Å². The first-order valence-corrected chi connectivity index (χ1v) is 21.8. The number of nitrogens with zero attached hydrogens (tertiary/aromatic N) is 7. The summed E-state index contributed by atoms with van der Waals surface area (Å²) in [4.78, 5) is 57.3. The summed E-state index contributed by atoms with van der Waals surface area (Å²) in [6.45, 7) is 1.37. The number of carbonyl (C=O) groups is 2. The summed E-state index contributed by atoms with van der Waals surface area (Å²) in [6.07, 6.45) is 13.7. The van der Waals surface area contributed by atoms with Crippen LogP contribution in [0.2, 0.25) is 0 Å². The first-order valence-electron chi connectivity index (χ1n) is 20.2. The van der Waals surface area contributed by atoms with E-state index in [-0.39, 0.29) is 11.8 Å². The van der Waals surface area contributed by atoms with Crippen LogP contribution in [0.1, 0.15) is 68.8 Å². The van der Waals surface area contributed by atoms with E-state index >= 15 is 0 Å². The number of hydrogen-bond donors (Lipinski definition) is 3. The van der Waals surface area contributed by atoms with Crippen LogP contribution in [0.15, 0.2) is 46.9 Å². The molecule has 3 aliphatic carbocycles. The Labute approximate surface area is 353 Å². The summed E-state index contributed by atoms with van der Waals surface area (Å²) < 4.78 is 11.2. The molecule has 1 fully saturated rings. The van der Waals surface area contributed by atoms with E-state index in [4.69, 9.17) is 9.47 Å². The highest BCUT2D eigenvalue weighted by atomic mass is 32.1. The molecule has 2 aliphatic heterocycles. The van der Waals surface area contributed by atoms with Gasteiger partial charge in [-0.2, -0.15) is 0 Å². The van der Waals surface area contributed by atoms with Crippen LogP contribution in [0.3, 0.4) is 0 Å². The Kier molecular flexibility index (Phi) is 9.90. The van der Waals surface area contributed by atoms with E-state index in [0.717, 1.165) is 115 Å². The molecule has 6 aromatic rings. The Balaban J connectivity index is 0.000000146. The Bertz CT molecular complexity index is 2780. The van der Waals surface area contributed by atoms with Gasteiger partial charge in [-0.05, 0) is 109 Å². The van der Waals surface area contributed by atoms with Gasteiger partial charge in [0.1, 0.15) is 45.5 Å². The number of ether oxygens (including phenoxy) is 2. The van der Waals surface area contributed by atoms with E-state index in [9.17, 15) is 14.7 Å². The number of aliphatic imine (C=N–C) groups is 2. The van der Waals surface area contributed by atoms with Crippen LogP contribution in [0.25, 0.3) is 20.4 Å². The number of nitrogens with one attached hydrogen (secondary N) is 2. The average molecular weight is 842 g/mol. The number of hydrogen-bond acceptors (Lipinski definition) is 14. The van der Waals surface area contributed by atoms with Crippen molar-refractivity contribution in [3.8, 4) is 11.5 Å². The highest BCUT2D eigenvalue weighted by molar-refractivity contribution is 7.19. The minimum absolute atomic E-state index is 0.0709. The molecule has 2 atom stereocenters. The van der Waals surface area contributed by atoms with E-state index < -0.39 is 5.97 Å². The van der Waals surface area contributed by atoms with Crippen LogP contribution >= 0.6 is 22.7 Å². The van der Waals surface area contributed by atoms with Crippen LogP contribution in [-0.4, -0.2) is 81.6 Å². The third-order valence-electron chi connectivity index (χ3n) is 12.2. The normalized spacial score (nSPS) is 18.2. The molecular formula is C44H43N9O5S2. The zero-order valence-corrected chi connectivity index (χ0v) is 35.1. The second-order valence-corrected chi connectivity index (χ2v) is 18.1. The summed E-state index contributed by atoms with van der Waals surface area (Å²) in [7, 11) is 5.29. The molecule has 1 saturated carbocycles. The first kappa shape index (κ1) is 38.2. The van der Waals surface area contributed by atoms with Crippen LogP contribution in [0.5, 0.6) is 11.5 Å². The van der Waals surface area contributed by atoms with Crippen molar-refractivity contribution in [2.45, 2.75) is 70.5 Å². The van der Waals surface area contributed by atoms with Gasteiger partial charge in [0.15, 0.2) is 0 Å². The molecule has 0 saturated heterocycles. The fourth-order valence-corrected chi connectivity index (χ4v) is 11.4. The summed E-state index contributed by atoms with van der Waals surface area (Å²) >= 11 is 3.27. The highest BCUT2D eigenvalue weighted by Gasteiger charge is 2.36. The van der Waals surface area contributed by atoms with Crippen molar-refractivity contribution in [3.63, 3.8) is 0 Å². The number of carboxylic acids is 1. The van der Waals surface area contributed by atoms with Crippen molar-refractivity contribution >= 4 is 90.4 Å². The molecule has 6 heterocycles. The maximum atomic E-state index is 12.9. The van der Waals surface area contributed by atoms with Gasteiger partial charge in [0.25, 0.3) is 0 Å². The van der Waals surface area contributed by atoms with Gasteiger partial charge in [0.05, 0.1) is 55.4 Å². The number of aryl methyl sites for hydroxylation is 2. The minimum atomic E-state index is -0.725. The van der Waals surface area contributed by atoms with E-state index in [1.165, 1.54) is 21.6 Å². The number of aromatic nitrogens is 4. The number of amides is 1. The number of thiophene rings is 2. The van der Waals surface area contributed by atoms with Crippen molar-refractivity contribution in [3.05, 3.63) is 80.1 Å². The SMILES string of the molecule is COc1cc2c(cc1Nc1ncnc3sc4c(c13)CCC(C(=O)N(C)C1CC1)C4)C=NC2.COc1cc2c(cc1Nc1ncnc3sc4c(c13)CCC(C(=O)O)C4)C=NC2. The smallest absolute Gasteiger partial charge is 0.306 e. The second kappa shape index (κ2) is 15.6. The van der Waals surface area contributed by atoms with Crippen molar-refractivity contribution in [2.75, 3.05) is 31.9 Å². The lowest BCUT2D eigenvalue weighted by Crippen LogP contribution is -2.36. The van der Waals surface area contributed by atoms with Gasteiger partial charge in [-0.1, -0.05) is 0 Å². The summed E-state index contributed by atoms with van der Waals surface area (Å²) in [5.74, 6) is 2.36. The number of rotatable bonds is 9. The average Bonchev–Trinajstić information content (AvgIpc) is 3.53. The molecule has 0 bridgehead atoms. The molecule has 306 valence electrons. The molecule has 0 spiro atoms. The van der Waals surface area contributed by atoms with Crippen LogP contribution in [0.4, 0.5) is 23.0 Å². The number of carbonyl (C=O) groups excluding carboxylic acids is 1. The number of carboxylic acid groups (broad SMARTS) is 1. The van der Waals surface area contributed by atoms with Crippen molar-refractivity contribution < 1.29 is 24.2 Å². The minimum Gasteiger partial charge on any atom is -0.495 e. The molecule has 2 aromatic carbocycles. The fourth-order valence-electron chi connectivity index (χ4n) is 8.83. The third-order valence-corrected chi connectivity index (χ3v) is 14.6. The number of anilines is 4. The summed E-state index contributed by atoms with van der Waals surface area (Å²) in [6, 6.07) is 8.60. The molecule has 0 radical (unpaired) electrons. The maximum absolute atomic E-state index is 12.9. The predicted octanol–water partition coefficient (Wildman–Crippen LogP) is 7.67. The molecule has 3 N–H and O–H groups in total. The second-order valence-electron chi connectivity index (χ2n) is 15.9. The van der Waals surface area contributed by atoms with E-state index in [0.29, 0.717) is 37.9 Å². The number of aliphatic carboxylic acids is 1. The van der Waals surface area contributed by atoms with Gasteiger partial charge >= 0.3 is 5.97 Å². The number of benzene rings is 2. The zero-order chi connectivity index (χ0) is 41.1. The molecule has 4 aromatic heterocycles. The Morgan fingerprint density at radius 1 is 0.717 bits per heavy atom. The van der Waals surface area contributed by atoms with Crippen LogP contribution in [-0.2, 0) is 48.4 Å².